The Morgan fingerprint density at radius 2 is 2.09 bits per heavy atom. The first kappa shape index (κ1) is 21.0. The summed E-state index contributed by atoms with van der Waals surface area (Å²) < 4.78 is 19.2. The number of halogens is 2. The molecule has 1 saturated carbocycles. The standard InChI is InChI=1S/C23H20ClFN4O2S/c1-12(2)28-11-15(10-26-28)29-18-9-14(24)8-16(25)20(18)22(21(29)13-6-7-13)32-19-5-3-4-17(27-19)23(30)31/h3-5,8-13H,6-7H2,1-2H3,(H,30,31). The van der Waals surface area contributed by atoms with Crippen LogP contribution in [0.25, 0.3) is 16.6 Å². The fourth-order valence-electron chi connectivity index (χ4n) is 3.85. The van der Waals surface area contributed by atoms with Crippen LogP contribution in [0.2, 0.25) is 5.02 Å². The van der Waals surface area contributed by atoms with Crippen molar-refractivity contribution in [2.45, 2.75) is 48.6 Å². The highest BCUT2D eigenvalue weighted by molar-refractivity contribution is 7.99. The zero-order valence-corrected chi connectivity index (χ0v) is 19.0. The lowest BCUT2D eigenvalue weighted by Crippen LogP contribution is -2.02. The second kappa shape index (κ2) is 7.94. The van der Waals surface area contributed by atoms with E-state index in [2.05, 4.69) is 10.1 Å². The molecule has 0 saturated heterocycles. The molecule has 3 heterocycles. The highest BCUT2D eigenvalue weighted by Gasteiger charge is 2.34. The first-order valence-electron chi connectivity index (χ1n) is 10.3. The normalized spacial score (nSPS) is 13.9. The Kier molecular flexibility index (Phi) is 5.22. The topological polar surface area (TPSA) is 72.9 Å². The summed E-state index contributed by atoms with van der Waals surface area (Å²) in [6, 6.07) is 8.10. The smallest absolute Gasteiger partial charge is 0.354 e. The van der Waals surface area contributed by atoms with Crippen LogP contribution in [0.3, 0.4) is 0 Å². The van der Waals surface area contributed by atoms with E-state index >= 15 is 4.39 Å². The van der Waals surface area contributed by atoms with Crippen LogP contribution in [0, 0.1) is 5.82 Å². The zero-order valence-electron chi connectivity index (χ0n) is 17.4. The molecular weight excluding hydrogens is 451 g/mol. The monoisotopic (exact) mass is 470 g/mol. The minimum Gasteiger partial charge on any atom is -0.477 e. The van der Waals surface area contributed by atoms with Crippen LogP contribution in [-0.4, -0.2) is 30.4 Å². The molecule has 164 valence electrons. The number of pyridine rings is 1. The summed E-state index contributed by atoms with van der Waals surface area (Å²) in [5, 5.41) is 15.1. The Balaban J connectivity index is 1.76. The summed E-state index contributed by atoms with van der Waals surface area (Å²) in [4.78, 5) is 16.4. The van der Waals surface area contributed by atoms with Gasteiger partial charge in [0.15, 0.2) is 0 Å². The van der Waals surface area contributed by atoms with Gasteiger partial charge in [-0.2, -0.15) is 5.10 Å². The number of hydrogen-bond acceptors (Lipinski definition) is 4. The number of rotatable bonds is 6. The Labute approximate surface area is 193 Å². The Hall–Kier alpha value is -2.84. The molecule has 1 fully saturated rings. The number of fused-ring (bicyclic) bond motifs is 1. The van der Waals surface area contributed by atoms with Gasteiger partial charge < -0.3 is 9.67 Å². The van der Waals surface area contributed by atoms with Crippen LogP contribution >= 0.6 is 23.4 Å². The number of carboxylic acid groups (broad SMARTS) is 1. The molecular formula is C23H20ClFN4O2S. The van der Waals surface area contributed by atoms with Gasteiger partial charge in [-0.1, -0.05) is 29.4 Å². The van der Waals surface area contributed by atoms with Gasteiger partial charge >= 0.3 is 5.97 Å². The summed E-state index contributed by atoms with van der Waals surface area (Å²) in [5.41, 5.74) is 2.44. The van der Waals surface area contributed by atoms with E-state index in [4.69, 9.17) is 11.6 Å². The van der Waals surface area contributed by atoms with Crippen molar-refractivity contribution in [3.8, 4) is 5.69 Å². The highest BCUT2D eigenvalue weighted by Crippen LogP contribution is 2.51. The van der Waals surface area contributed by atoms with Gasteiger partial charge in [-0.15, -0.1) is 0 Å². The van der Waals surface area contributed by atoms with Crippen LogP contribution in [-0.2, 0) is 0 Å². The molecule has 0 spiro atoms. The van der Waals surface area contributed by atoms with Crippen molar-refractivity contribution in [1.29, 1.82) is 0 Å². The van der Waals surface area contributed by atoms with E-state index in [1.54, 1.807) is 24.4 Å². The predicted octanol–water partition coefficient (Wildman–Crippen LogP) is 6.32. The molecule has 0 aliphatic heterocycles. The molecule has 32 heavy (non-hydrogen) atoms. The number of aromatic carboxylic acids is 1. The maximum atomic E-state index is 15.3. The van der Waals surface area contributed by atoms with Crippen molar-refractivity contribution in [2.75, 3.05) is 0 Å². The van der Waals surface area contributed by atoms with Crippen molar-refractivity contribution in [3.63, 3.8) is 0 Å². The number of nitrogens with zero attached hydrogens (tertiary/aromatic N) is 4. The van der Waals surface area contributed by atoms with Crippen molar-refractivity contribution in [3.05, 3.63) is 65.0 Å². The molecule has 0 bridgehead atoms. The highest BCUT2D eigenvalue weighted by atomic mass is 35.5. The average Bonchev–Trinajstić information content (AvgIpc) is 3.36. The summed E-state index contributed by atoms with van der Waals surface area (Å²) in [6.45, 7) is 4.09. The van der Waals surface area contributed by atoms with Gasteiger partial charge in [-0.3, -0.25) is 4.68 Å². The summed E-state index contributed by atoms with van der Waals surface area (Å²) in [5.74, 6) is -1.24. The molecule has 0 unspecified atom stereocenters. The van der Waals surface area contributed by atoms with Crippen molar-refractivity contribution in [1.82, 2.24) is 19.3 Å². The second-order valence-electron chi connectivity index (χ2n) is 8.15. The minimum atomic E-state index is -1.10. The molecule has 4 aromatic rings. The Bertz CT molecular complexity index is 1360. The van der Waals surface area contributed by atoms with Crippen LogP contribution in [0.4, 0.5) is 4.39 Å². The van der Waals surface area contributed by atoms with E-state index in [0.717, 1.165) is 29.1 Å². The van der Waals surface area contributed by atoms with Gasteiger partial charge in [-0.05, 0) is 51.0 Å². The van der Waals surface area contributed by atoms with Crippen LogP contribution in [0.15, 0.2) is 52.6 Å². The summed E-state index contributed by atoms with van der Waals surface area (Å²) >= 11 is 7.54. The molecule has 6 nitrogen and oxygen atoms in total. The molecule has 0 radical (unpaired) electrons. The fraction of sp³-hybridized carbons (Fsp3) is 0.261. The maximum Gasteiger partial charge on any atom is 0.354 e. The molecule has 5 rings (SSSR count). The van der Waals surface area contributed by atoms with Gasteiger partial charge in [-0.25, -0.2) is 14.2 Å². The molecule has 1 aliphatic rings. The zero-order chi connectivity index (χ0) is 22.6. The Morgan fingerprint density at radius 1 is 1.31 bits per heavy atom. The fourth-order valence-corrected chi connectivity index (χ4v) is 5.21. The molecule has 0 atom stereocenters. The maximum absolute atomic E-state index is 15.3. The third-order valence-corrected chi connectivity index (χ3v) is 6.74. The quantitative estimate of drug-likeness (QED) is 0.357. The van der Waals surface area contributed by atoms with Gasteiger partial charge in [0.1, 0.15) is 16.5 Å². The van der Waals surface area contributed by atoms with Gasteiger partial charge in [0.25, 0.3) is 0 Å². The third-order valence-electron chi connectivity index (χ3n) is 5.46. The van der Waals surface area contributed by atoms with Crippen molar-refractivity contribution < 1.29 is 14.3 Å². The molecule has 1 aromatic carbocycles. The molecule has 9 heteroatoms. The van der Waals surface area contributed by atoms with Crippen LogP contribution in [0.1, 0.15) is 54.8 Å². The molecule has 3 aromatic heterocycles. The van der Waals surface area contributed by atoms with Crippen molar-refractivity contribution in [2.24, 2.45) is 0 Å². The molecule has 1 aliphatic carbocycles. The van der Waals surface area contributed by atoms with Gasteiger partial charge in [0.2, 0.25) is 0 Å². The SMILES string of the molecule is CC(C)n1cc(-n2c(C3CC3)c(Sc3cccc(C(=O)O)n3)c3c(F)cc(Cl)cc32)cn1. The second-order valence-corrected chi connectivity index (χ2v) is 9.61. The van der Waals surface area contributed by atoms with Gasteiger partial charge in [0, 0.05) is 33.8 Å². The van der Waals surface area contributed by atoms with Crippen LogP contribution in [0.5, 0.6) is 0 Å². The number of carboxylic acids is 1. The number of aromatic nitrogens is 4. The van der Waals surface area contributed by atoms with E-state index in [-0.39, 0.29) is 17.7 Å². The summed E-state index contributed by atoms with van der Waals surface area (Å²) in [7, 11) is 0. The lowest BCUT2D eigenvalue weighted by atomic mass is 10.2. The van der Waals surface area contributed by atoms with E-state index in [1.165, 1.54) is 23.9 Å². The molecule has 0 amide bonds. The van der Waals surface area contributed by atoms with E-state index in [1.807, 2.05) is 29.3 Å². The van der Waals surface area contributed by atoms with Crippen LogP contribution < -0.4 is 0 Å². The largest absolute Gasteiger partial charge is 0.477 e. The first-order valence-corrected chi connectivity index (χ1v) is 11.5. The predicted molar refractivity (Wildman–Crippen MR) is 122 cm³/mol. The number of carbonyl (C=O) groups is 1. The van der Waals surface area contributed by atoms with Gasteiger partial charge in [0.05, 0.1) is 22.8 Å². The number of benzene rings is 1. The lowest BCUT2D eigenvalue weighted by molar-refractivity contribution is 0.0689. The minimum absolute atomic E-state index is 0.0477. The molecule has 1 N–H and O–H groups in total. The average molecular weight is 471 g/mol. The van der Waals surface area contributed by atoms with E-state index < -0.39 is 11.8 Å². The Morgan fingerprint density at radius 3 is 2.75 bits per heavy atom. The first-order chi connectivity index (χ1) is 15.3. The number of hydrogen-bond donors (Lipinski definition) is 1. The van der Waals surface area contributed by atoms with Crippen molar-refractivity contribution >= 4 is 40.2 Å². The summed E-state index contributed by atoms with van der Waals surface area (Å²) in [6.07, 6.45) is 5.73. The van der Waals surface area contributed by atoms with E-state index in [9.17, 15) is 9.90 Å². The van der Waals surface area contributed by atoms with E-state index in [0.29, 0.717) is 21.0 Å². The lowest BCUT2D eigenvalue weighted by Gasteiger charge is -2.10. The third kappa shape index (κ3) is 3.67.